The molecule has 0 amide bonds. The fraction of sp³-hybridized carbons (Fsp3) is 0.429. The third kappa shape index (κ3) is 3.44. The topological polar surface area (TPSA) is 81.0 Å². The van der Waals surface area contributed by atoms with E-state index in [1.165, 1.54) is 29.5 Å². The van der Waals surface area contributed by atoms with Crippen molar-refractivity contribution < 1.29 is 4.92 Å². The lowest BCUT2D eigenvalue weighted by atomic mass is 10.0. The second-order valence-electron chi connectivity index (χ2n) is 5.14. The van der Waals surface area contributed by atoms with Crippen LogP contribution in [-0.4, -0.2) is 21.4 Å². The van der Waals surface area contributed by atoms with E-state index >= 15 is 0 Å². The zero-order valence-electron chi connectivity index (χ0n) is 11.8. The highest BCUT2D eigenvalue weighted by molar-refractivity contribution is 9.10. The Morgan fingerprint density at radius 3 is 3.00 bits per heavy atom. The standard InChI is InChI=1S/C14H15BrN4O2S/c15-9-7-11(19(20)21)14(17-8-9)16-6-5-13-18-10-3-1-2-4-12(10)22-13/h7-8H,1-6H2,(H,16,17). The van der Waals surface area contributed by atoms with Gasteiger partial charge in [-0.3, -0.25) is 10.1 Å². The summed E-state index contributed by atoms with van der Waals surface area (Å²) in [7, 11) is 0. The maximum atomic E-state index is 11.0. The SMILES string of the molecule is O=[N+]([O-])c1cc(Br)cnc1NCCc1nc2c(s1)CCCC2. The van der Waals surface area contributed by atoms with Gasteiger partial charge < -0.3 is 5.32 Å². The molecular weight excluding hydrogens is 368 g/mol. The first kappa shape index (κ1) is 15.4. The summed E-state index contributed by atoms with van der Waals surface area (Å²) in [5, 5.41) is 15.2. The minimum Gasteiger partial charge on any atom is -0.364 e. The van der Waals surface area contributed by atoms with E-state index in [0.717, 1.165) is 24.3 Å². The van der Waals surface area contributed by atoms with Crippen LogP contribution in [0.3, 0.4) is 0 Å². The first-order valence-electron chi connectivity index (χ1n) is 7.15. The molecule has 2 aromatic heterocycles. The van der Waals surface area contributed by atoms with Gasteiger partial charge in [-0.05, 0) is 41.6 Å². The van der Waals surface area contributed by atoms with Crippen molar-refractivity contribution in [3.05, 3.63) is 42.4 Å². The number of nitro groups is 1. The number of rotatable bonds is 5. The number of nitrogens with one attached hydrogen (secondary N) is 1. The summed E-state index contributed by atoms with van der Waals surface area (Å²) in [6, 6.07) is 1.46. The van der Waals surface area contributed by atoms with Crippen LogP contribution in [0.15, 0.2) is 16.7 Å². The molecule has 116 valence electrons. The summed E-state index contributed by atoms with van der Waals surface area (Å²) in [6.45, 7) is 0.585. The smallest absolute Gasteiger partial charge is 0.312 e. The summed E-state index contributed by atoms with van der Waals surface area (Å²) in [4.78, 5) is 20.8. The number of nitrogens with zero attached hydrogens (tertiary/aromatic N) is 3. The van der Waals surface area contributed by atoms with Gasteiger partial charge in [0.2, 0.25) is 5.82 Å². The van der Waals surface area contributed by atoms with Crippen molar-refractivity contribution >= 4 is 38.8 Å². The Kier molecular flexibility index (Phi) is 4.68. The predicted octanol–water partition coefficient (Wildman–Crippen LogP) is 3.74. The number of aromatic nitrogens is 2. The predicted molar refractivity (Wildman–Crippen MR) is 89.5 cm³/mol. The van der Waals surface area contributed by atoms with Gasteiger partial charge in [-0.25, -0.2) is 9.97 Å². The summed E-state index contributed by atoms with van der Waals surface area (Å²) in [5.41, 5.74) is 1.23. The van der Waals surface area contributed by atoms with Crippen molar-refractivity contribution in [2.75, 3.05) is 11.9 Å². The first-order valence-corrected chi connectivity index (χ1v) is 8.75. The van der Waals surface area contributed by atoms with Crippen LogP contribution in [0.4, 0.5) is 11.5 Å². The minimum atomic E-state index is -0.428. The average molecular weight is 383 g/mol. The molecule has 0 saturated heterocycles. The van der Waals surface area contributed by atoms with Crippen molar-refractivity contribution in [3.63, 3.8) is 0 Å². The Balaban J connectivity index is 1.63. The average Bonchev–Trinajstić information content (AvgIpc) is 2.91. The third-order valence-electron chi connectivity index (χ3n) is 3.55. The molecule has 6 nitrogen and oxygen atoms in total. The summed E-state index contributed by atoms with van der Waals surface area (Å²) in [6.07, 6.45) is 7.01. The number of anilines is 1. The van der Waals surface area contributed by atoms with Crippen LogP contribution in [0, 0.1) is 10.1 Å². The number of pyridine rings is 1. The minimum absolute atomic E-state index is 0.0205. The molecule has 0 saturated carbocycles. The highest BCUT2D eigenvalue weighted by Gasteiger charge is 2.17. The van der Waals surface area contributed by atoms with Crippen molar-refractivity contribution in [3.8, 4) is 0 Å². The number of fused-ring (bicyclic) bond motifs is 1. The summed E-state index contributed by atoms with van der Waals surface area (Å²) < 4.78 is 0.595. The maximum absolute atomic E-state index is 11.0. The third-order valence-corrected chi connectivity index (χ3v) is 5.20. The van der Waals surface area contributed by atoms with Gasteiger partial charge in [0, 0.05) is 34.6 Å². The number of aryl methyl sites for hydroxylation is 2. The maximum Gasteiger partial charge on any atom is 0.312 e. The fourth-order valence-corrected chi connectivity index (χ4v) is 3.98. The molecule has 0 bridgehead atoms. The molecule has 0 atom stereocenters. The number of thiazole rings is 1. The highest BCUT2D eigenvalue weighted by atomic mass is 79.9. The number of hydrogen-bond acceptors (Lipinski definition) is 6. The monoisotopic (exact) mass is 382 g/mol. The highest BCUT2D eigenvalue weighted by Crippen LogP contribution is 2.28. The van der Waals surface area contributed by atoms with Crippen LogP contribution >= 0.6 is 27.3 Å². The van der Waals surface area contributed by atoms with E-state index in [2.05, 4.69) is 31.2 Å². The van der Waals surface area contributed by atoms with Crippen LogP contribution < -0.4 is 5.32 Å². The van der Waals surface area contributed by atoms with Crippen LogP contribution in [0.5, 0.6) is 0 Å². The molecule has 1 aliphatic rings. The molecule has 1 N–H and O–H groups in total. The van der Waals surface area contributed by atoms with Crippen LogP contribution in [0.25, 0.3) is 0 Å². The van der Waals surface area contributed by atoms with Gasteiger partial charge in [0.1, 0.15) is 0 Å². The Hall–Kier alpha value is -1.54. The lowest BCUT2D eigenvalue weighted by molar-refractivity contribution is -0.384. The molecule has 22 heavy (non-hydrogen) atoms. The zero-order chi connectivity index (χ0) is 15.5. The zero-order valence-corrected chi connectivity index (χ0v) is 14.2. The van der Waals surface area contributed by atoms with Crippen molar-refractivity contribution in [2.45, 2.75) is 32.1 Å². The second kappa shape index (κ2) is 6.70. The normalized spacial score (nSPS) is 13.7. The fourth-order valence-electron chi connectivity index (χ4n) is 2.50. The van der Waals surface area contributed by atoms with E-state index in [1.807, 2.05) is 0 Å². The van der Waals surface area contributed by atoms with Gasteiger partial charge in [0.25, 0.3) is 0 Å². The molecule has 0 aromatic carbocycles. The molecular formula is C14H15BrN4O2S. The van der Waals surface area contributed by atoms with Crippen LogP contribution in [0.1, 0.15) is 28.4 Å². The lowest BCUT2D eigenvalue weighted by Gasteiger charge is -2.06. The molecule has 0 fully saturated rings. The molecule has 0 radical (unpaired) electrons. The Morgan fingerprint density at radius 2 is 2.23 bits per heavy atom. The van der Waals surface area contributed by atoms with Crippen LogP contribution in [0.2, 0.25) is 0 Å². The van der Waals surface area contributed by atoms with E-state index < -0.39 is 4.92 Å². The van der Waals surface area contributed by atoms with E-state index in [-0.39, 0.29) is 5.69 Å². The van der Waals surface area contributed by atoms with Crippen molar-refractivity contribution in [2.24, 2.45) is 0 Å². The number of hydrogen-bond donors (Lipinski definition) is 1. The van der Waals surface area contributed by atoms with Gasteiger partial charge in [0.05, 0.1) is 15.6 Å². The van der Waals surface area contributed by atoms with E-state index in [0.29, 0.717) is 16.8 Å². The molecule has 0 spiro atoms. The molecule has 8 heteroatoms. The Labute approximate surface area is 140 Å². The van der Waals surface area contributed by atoms with Gasteiger partial charge in [-0.2, -0.15) is 0 Å². The Bertz CT molecular complexity index is 681. The summed E-state index contributed by atoms with van der Waals surface area (Å²) in [5.74, 6) is 0.300. The first-order chi connectivity index (χ1) is 10.6. The van der Waals surface area contributed by atoms with E-state index in [1.54, 1.807) is 17.5 Å². The van der Waals surface area contributed by atoms with Crippen LogP contribution in [-0.2, 0) is 19.3 Å². The van der Waals surface area contributed by atoms with Gasteiger partial charge in [0.15, 0.2) is 0 Å². The van der Waals surface area contributed by atoms with Gasteiger partial charge in [-0.15, -0.1) is 11.3 Å². The largest absolute Gasteiger partial charge is 0.364 e. The molecule has 0 aliphatic heterocycles. The molecule has 0 unspecified atom stereocenters. The quantitative estimate of drug-likeness (QED) is 0.628. The lowest BCUT2D eigenvalue weighted by Crippen LogP contribution is -2.08. The van der Waals surface area contributed by atoms with E-state index in [9.17, 15) is 10.1 Å². The summed E-state index contributed by atoms with van der Waals surface area (Å²) >= 11 is 4.97. The van der Waals surface area contributed by atoms with Gasteiger partial charge >= 0.3 is 5.69 Å². The van der Waals surface area contributed by atoms with E-state index in [4.69, 9.17) is 0 Å². The molecule has 2 heterocycles. The number of halogens is 1. The Morgan fingerprint density at radius 1 is 1.41 bits per heavy atom. The van der Waals surface area contributed by atoms with Gasteiger partial charge in [-0.1, -0.05) is 0 Å². The molecule has 2 aromatic rings. The second-order valence-corrected chi connectivity index (χ2v) is 7.22. The van der Waals surface area contributed by atoms with Crippen molar-refractivity contribution in [1.29, 1.82) is 0 Å². The molecule has 3 rings (SSSR count). The molecule has 1 aliphatic carbocycles. The van der Waals surface area contributed by atoms with Crippen molar-refractivity contribution in [1.82, 2.24) is 9.97 Å².